The molecule has 0 spiro atoms. The molecule has 0 saturated heterocycles. The number of hydrogen-bond acceptors (Lipinski definition) is 7. The number of anilines is 2. The van der Waals surface area contributed by atoms with Gasteiger partial charge in [-0.05, 0) is 12.1 Å². The summed E-state index contributed by atoms with van der Waals surface area (Å²) in [6, 6.07) is 4.85. The van der Waals surface area contributed by atoms with E-state index in [1.165, 1.54) is 26.0 Å². The van der Waals surface area contributed by atoms with Gasteiger partial charge in [-0.25, -0.2) is 4.79 Å². The van der Waals surface area contributed by atoms with Gasteiger partial charge in [-0.2, -0.15) is 0 Å². The zero-order valence-corrected chi connectivity index (χ0v) is 14.8. The molecule has 1 aromatic rings. The van der Waals surface area contributed by atoms with Crippen LogP contribution in [0.2, 0.25) is 0 Å². The number of esters is 1. The molecule has 1 aliphatic heterocycles. The largest absolute Gasteiger partial charge is 0.494 e. The second-order valence-electron chi connectivity index (χ2n) is 5.52. The molecule has 0 radical (unpaired) electrons. The SMILES string of the molecule is COC(=O)C1=C(Nc2ccc(NC(C)=O)c(OC)c2)C(=O)N(CCO)C1. The van der Waals surface area contributed by atoms with Gasteiger partial charge in [0.15, 0.2) is 0 Å². The van der Waals surface area contributed by atoms with E-state index in [4.69, 9.17) is 14.6 Å². The number of nitrogens with one attached hydrogen (secondary N) is 2. The summed E-state index contributed by atoms with van der Waals surface area (Å²) < 4.78 is 9.98. The van der Waals surface area contributed by atoms with Crippen LogP contribution in [-0.4, -0.2) is 61.7 Å². The summed E-state index contributed by atoms with van der Waals surface area (Å²) in [4.78, 5) is 37.0. The lowest BCUT2D eigenvalue weighted by Gasteiger charge is -2.15. The van der Waals surface area contributed by atoms with Crippen LogP contribution in [0.4, 0.5) is 11.4 Å². The first-order valence-electron chi connectivity index (χ1n) is 7.85. The Hall–Kier alpha value is -3.07. The lowest BCUT2D eigenvalue weighted by molar-refractivity contribution is -0.136. The van der Waals surface area contributed by atoms with Crippen molar-refractivity contribution in [2.45, 2.75) is 6.92 Å². The van der Waals surface area contributed by atoms with Crippen LogP contribution in [0.3, 0.4) is 0 Å². The van der Waals surface area contributed by atoms with Gasteiger partial charge in [0, 0.05) is 25.2 Å². The van der Waals surface area contributed by atoms with Gasteiger partial charge < -0.3 is 30.1 Å². The lowest BCUT2D eigenvalue weighted by Crippen LogP contribution is -2.31. The van der Waals surface area contributed by atoms with Crippen molar-refractivity contribution in [3.05, 3.63) is 29.5 Å². The van der Waals surface area contributed by atoms with Crippen molar-refractivity contribution in [1.82, 2.24) is 4.90 Å². The van der Waals surface area contributed by atoms with Gasteiger partial charge in [-0.3, -0.25) is 9.59 Å². The van der Waals surface area contributed by atoms with Crippen LogP contribution in [0.5, 0.6) is 5.75 Å². The second kappa shape index (κ2) is 8.34. The minimum atomic E-state index is -0.622. The van der Waals surface area contributed by atoms with Crippen LogP contribution < -0.4 is 15.4 Å². The van der Waals surface area contributed by atoms with E-state index >= 15 is 0 Å². The number of amides is 2. The van der Waals surface area contributed by atoms with E-state index in [2.05, 4.69) is 10.6 Å². The molecule has 0 aromatic heterocycles. The van der Waals surface area contributed by atoms with Gasteiger partial charge in [0.2, 0.25) is 5.91 Å². The summed E-state index contributed by atoms with van der Waals surface area (Å²) in [5.74, 6) is -0.888. The van der Waals surface area contributed by atoms with E-state index in [0.29, 0.717) is 17.1 Å². The molecule has 1 aliphatic rings. The van der Waals surface area contributed by atoms with Crippen LogP contribution in [-0.2, 0) is 19.1 Å². The highest BCUT2D eigenvalue weighted by atomic mass is 16.5. The molecule has 0 saturated carbocycles. The molecule has 0 fully saturated rings. The smallest absolute Gasteiger partial charge is 0.337 e. The van der Waals surface area contributed by atoms with Crippen molar-refractivity contribution in [3.63, 3.8) is 0 Å². The molecule has 1 heterocycles. The highest BCUT2D eigenvalue weighted by Gasteiger charge is 2.34. The maximum absolute atomic E-state index is 12.5. The average molecular weight is 363 g/mol. The minimum absolute atomic E-state index is 0.0511. The molecule has 0 atom stereocenters. The van der Waals surface area contributed by atoms with Crippen LogP contribution in [0.1, 0.15) is 6.92 Å². The number of carbonyl (C=O) groups is 3. The molecule has 0 aliphatic carbocycles. The summed E-state index contributed by atoms with van der Waals surface area (Å²) in [7, 11) is 2.69. The number of benzene rings is 1. The number of hydrogen-bond donors (Lipinski definition) is 3. The molecule has 140 valence electrons. The number of methoxy groups -OCH3 is 2. The van der Waals surface area contributed by atoms with Gasteiger partial charge in [0.25, 0.3) is 5.91 Å². The fourth-order valence-corrected chi connectivity index (χ4v) is 2.56. The number of aliphatic hydroxyl groups is 1. The first kappa shape index (κ1) is 19.3. The number of carbonyl (C=O) groups excluding carboxylic acids is 3. The lowest BCUT2D eigenvalue weighted by atomic mass is 10.2. The molecule has 2 rings (SSSR count). The van der Waals surface area contributed by atoms with Gasteiger partial charge >= 0.3 is 5.97 Å². The van der Waals surface area contributed by atoms with Crippen LogP contribution >= 0.6 is 0 Å². The fraction of sp³-hybridized carbons (Fsp3) is 0.353. The standard InChI is InChI=1S/C17H21N3O6/c1-10(22)18-13-5-4-11(8-14(13)25-2)19-15-12(17(24)26-3)9-20(6-7-21)16(15)23/h4-5,8,19,21H,6-7,9H2,1-3H3,(H,18,22). The third-order valence-electron chi connectivity index (χ3n) is 3.74. The van der Waals surface area contributed by atoms with Crippen LogP contribution in [0.15, 0.2) is 29.5 Å². The molecule has 1 aromatic carbocycles. The quantitative estimate of drug-likeness (QED) is 0.598. The minimum Gasteiger partial charge on any atom is -0.494 e. The number of ether oxygens (including phenoxy) is 2. The Bertz CT molecular complexity index is 759. The Balaban J connectivity index is 2.32. The Morgan fingerprint density at radius 2 is 2.04 bits per heavy atom. The third kappa shape index (κ3) is 4.12. The number of aliphatic hydroxyl groups excluding tert-OH is 1. The first-order valence-corrected chi connectivity index (χ1v) is 7.85. The molecule has 26 heavy (non-hydrogen) atoms. The van der Waals surface area contributed by atoms with Gasteiger partial charge in [0.1, 0.15) is 11.4 Å². The number of nitrogens with zero attached hydrogens (tertiary/aromatic N) is 1. The molecule has 9 heteroatoms. The van der Waals surface area contributed by atoms with Crippen molar-refractivity contribution in [2.24, 2.45) is 0 Å². The van der Waals surface area contributed by atoms with Gasteiger partial charge in [-0.1, -0.05) is 0 Å². The zero-order chi connectivity index (χ0) is 19.3. The topological polar surface area (TPSA) is 117 Å². The summed E-state index contributed by atoms with van der Waals surface area (Å²) in [5, 5.41) is 14.6. The molecular weight excluding hydrogens is 342 g/mol. The predicted molar refractivity (Wildman–Crippen MR) is 93.6 cm³/mol. The molecule has 9 nitrogen and oxygen atoms in total. The third-order valence-corrected chi connectivity index (χ3v) is 3.74. The number of rotatable bonds is 7. The van der Waals surface area contributed by atoms with Crippen molar-refractivity contribution >= 4 is 29.2 Å². The van der Waals surface area contributed by atoms with E-state index in [-0.39, 0.29) is 36.9 Å². The van der Waals surface area contributed by atoms with Gasteiger partial charge in [-0.15, -0.1) is 0 Å². The van der Waals surface area contributed by atoms with E-state index < -0.39 is 11.9 Å². The normalized spacial score (nSPS) is 13.7. The van der Waals surface area contributed by atoms with Crippen molar-refractivity contribution in [3.8, 4) is 5.75 Å². The summed E-state index contributed by atoms with van der Waals surface area (Å²) in [6.45, 7) is 1.32. The summed E-state index contributed by atoms with van der Waals surface area (Å²) >= 11 is 0. The van der Waals surface area contributed by atoms with E-state index in [1.54, 1.807) is 18.2 Å². The first-order chi connectivity index (χ1) is 12.4. The molecular formula is C17H21N3O6. The second-order valence-corrected chi connectivity index (χ2v) is 5.52. The van der Waals surface area contributed by atoms with Crippen molar-refractivity contribution < 1.29 is 29.0 Å². The Labute approximate surface area is 150 Å². The predicted octanol–water partition coefficient (Wildman–Crippen LogP) is 0.327. The highest BCUT2D eigenvalue weighted by molar-refractivity contribution is 6.08. The van der Waals surface area contributed by atoms with Gasteiger partial charge in [0.05, 0.1) is 38.6 Å². The Kier molecular flexibility index (Phi) is 6.18. The average Bonchev–Trinajstić information content (AvgIpc) is 2.92. The summed E-state index contributed by atoms with van der Waals surface area (Å²) in [6.07, 6.45) is 0. The fourth-order valence-electron chi connectivity index (χ4n) is 2.56. The zero-order valence-electron chi connectivity index (χ0n) is 14.8. The molecule has 3 N–H and O–H groups in total. The van der Waals surface area contributed by atoms with E-state index in [1.807, 2.05) is 0 Å². The molecule has 2 amide bonds. The maximum Gasteiger partial charge on any atom is 0.337 e. The maximum atomic E-state index is 12.5. The van der Waals surface area contributed by atoms with E-state index in [9.17, 15) is 14.4 Å². The van der Waals surface area contributed by atoms with Crippen LogP contribution in [0.25, 0.3) is 0 Å². The highest BCUT2D eigenvalue weighted by Crippen LogP contribution is 2.30. The Morgan fingerprint density at radius 1 is 1.31 bits per heavy atom. The number of β-amino-alcohol motifs (C(OH)–C–C–N with tert-alkyl or cyclic N) is 1. The summed E-state index contributed by atoms with van der Waals surface area (Å²) in [5.41, 5.74) is 1.23. The van der Waals surface area contributed by atoms with Crippen molar-refractivity contribution in [1.29, 1.82) is 0 Å². The molecule has 0 bridgehead atoms. The monoisotopic (exact) mass is 363 g/mol. The van der Waals surface area contributed by atoms with E-state index in [0.717, 1.165) is 0 Å². The van der Waals surface area contributed by atoms with Crippen molar-refractivity contribution in [2.75, 3.05) is 44.5 Å². The van der Waals surface area contributed by atoms with Crippen LogP contribution in [0, 0.1) is 0 Å². The Morgan fingerprint density at radius 3 is 2.62 bits per heavy atom. The molecule has 0 unspecified atom stereocenters.